The predicted octanol–water partition coefficient (Wildman–Crippen LogP) is 2.60. The molecule has 0 aliphatic carbocycles. The molecule has 2 heterocycles. The predicted molar refractivity (Wildman–Crippen MR) is 105 cm³/mol. The van der Waals surface area contributed by atoms with E-state index < -0.39 is 0 Å². The van der Waals surface area contributed by atoms with E-state index in [9.17, 15) is 9.59 Å². The number of aromatic nitrogens is 1. The second-order valence-electron chi connectivity index (χ2n) is 6.56. The van der Waals surface area contributed by atoms with E-state index in [0.29, 0.717) is 31.6 Å². The highest BCUT2D eigenvalue weighted by Gasteiger charge is 2.27. The third-order valence-corrected chi connectivity index (χ3v) is 4.53. The van der Waals surface area contributed by atoms with Gasteiger partial charge in [0.25, 0.3) is 5.91 Å². The van der Waals surface area contributed by atoms with Crippen LogP contribution in [0.5, 0.6) is 0 Å². The number of benzene rings is 1. The summed E-state index contributed by atoms with van der Waals surface area (Å²) in [7, 11) is 0. The maximum absolute atomic E-state index is 13.3. The van der Waals surface area contributed by atoms with Crippen LogP contribution in [0.4, 0.5) is 5.69 Å². The van der Waals surface area contributed by atoms with E-state index in [-0.39, 0.29) is 17.9 Å². The average molecular weight is 364 g/mol. The molecule has 0 radical (unpaired) electrons. The van der Waals surface area contributed by atoms with E-state index in [0.717, 1.165) is 17.7 Å². The van der Waals surface area contributed by atoms with Crippen molar-refractivity contribution in [3.63, 3.8) is 0 Å². The molecule has 1 saturated heterocycles. The minimum atomic E-state index is -0.0693. The van der Waals surface area contributed by atoms with Crippen molar-refractivity contribution >= 4 is 17.5 Å². The number of carbonyl (C=O) groups is 2. The van der Waals surface area contributed by atoms with Gasteiger partial charge < -0.3 is 15.5 Å². The molecule has 1 aliphatic heterocycles. The van der Waals surface area contributed by atoms with Gasteiger partial charge in [0, 0.05) is 50.2 Å². The standard InChI is InChI=1S/C21H24N4O2/c1-2-11-23-19-6-4-3-5-18(19)21(27)25(14-16-9-12-22-13-10-16)15-17-7-8-20(26)24-17/h2-6,9-10,12-13,17,23H,1,7-8,11,14-15H2,(H,24,26)/t17-/m0/s1. The summed E-state index contributed by atoms with van der Waals surface area (Å²) in [6.07, 6.45) is 6.45. The maximum Gasteiger partial charge on any atom is 0.256 e. The third kappa shape index (κ3) is 4.94. The van der Waals surface area contributed by atoms with E-state index in [1.807, 2.05) is 36.4 Å². The number of anilines is 1. The molecule has 0 saturated carbocycles. The van der Waals surface area contributed by atoms with Crippen LogP contribution in [0.15, 0.2) is 61.4 Å². The summed E-state index contributed by atoms with van der Waals surface area (Å²) in [6.45, 7) is 5.23. The fraction of sp³-hybridized carbons (Fsp3) is 0.286. The smallest absolute Gasteiger partial charge is 0.256 e. The molecule has 1 atom stereocenters. The molecule has 27 heavy (non-hydrogen) atoms. The van der Waals surface area contributed by atoms with Crippen LogP contribution < -0.4 is 10.6 Å². The summed E-state index contributed by atoms with van der Waals surface area (Å²) in [4.78, 5) is 30.7. The first-order chi connectivity index (χ1) is 13.2. The molecule has 2 aromatic rings. The normalized spacial score (nSPS) is 15.9. The molecule has 0 bridgehead atoms. The SMILES string of the molecule is C=CCNc1ccccc1C(=O)N(Cc1ccncc1)C[C@@H]1CCC(=O)N1. The third-order valence-electron chi connectivity index (χ3n) is 4.53. The van der Waals surface area contributed by atoms with Crippen molar-refractivity contribution < 1.29 is 9.59 Å². The highest BCUT2D eigenvalue weighted by Crippen LogP contribution is 2.20. The van der Waals surface area contributed by atoms with E-state index in [2.05, 4.69) is 22.2 Å². The molecule has 140 valence electrons. The van der Waals surface area contributed by atoms with Crippen molar-refractivity contribution in [1.29, 1.82) is 0 Å². The Morgan fingerprint density at radius 2 is 2.07 bits per heavy atom. The van der Waals surface area contributed by atoms with Gasteiger partial charge in [0.1, 0.15) is 0 Å². The molecular formula is C21H24N4O2. The Labute approximate surface area is 159 Å². The van der Waals surface area contributed by atoms with Crippen LogP contribution in [0, 0.1) is 0 Å². The quantitative estimate of drug-likeness (QED) is 0.706. The lowest BCUT2D eigenvalue weighted by Gasteiger charge is -2.27. The number of hydrogen-bond donors (Lipinski definition) is 2. The van der Waals surface area contributed by atoms with Crippen LogP contribution in [0.3, 0.4) is 0 Å². The lowest BCUT2D eigenvalue weighted by Crippen LogP contribution is -2.41. The zero-order valence-electron chi connectivity index (χ0n) is 15.2. The largest absolute Gasteiger partial charge is 0.381 e. The number of para-hydroxylation sites is 1. The number of carbonyl (C=O) groups excluding carboxylic acids is 2. The van der Waals surface area contributed by atoms with Gasteiger partial charge in [-0.05, 0) is 36.2 Å². The molecule has 6 heteroatoms. The summed E-state index contributed by atoms with van der Waals surface area (Å²) < 4.78 is 0. The number of nitrogens with one attached hydrogen (secondary N) is 2. The van der Waals surface area contributed by atoms with Crippen LogP contribution in [0.2, 0.25) is 0 Å². The van der Waals surface area contributed by atoms with Gasteiger partial charge in [-0.2, -0.15) is 0 Å². The van der Waals surface area contributed by atoms with Gasteiger partial charge in [-0.25, -0.2) is 0 Å². The van der Waals surface area contributed by atoms with Crippen LogP contribution in [0.25, 0.3) is 0 Å². The van der Waals surface area contributed by atoms with E-state index in [4.69, 9.17) is 0 Å². The monoisotopic (exact) mass is 364 g/mol. The Hall–Kier alpha value is -3.15. The van der Waals surface area contributed by atoms with Gasteiger partial charge in [0.2, 0.25) is 5.91 Å². The molecule has 1 fully saturated rings. The molecule has 6 nitrogen and oxygen atoms in total. The molecule has 3 rings (SSSR count). The van der Waals surface area contributed by atoms with Crippen molar-refractivity contribution in [2.75, 3.05) is 18.4 Å². The average Bonchev–Trinajstić information content (AvgIpc) is 3.11. The van der Waals surface area contributed by atoms with Gasteiger partial charge in [-0.3, -0.25) is 14.6 Å². The number of hydrogen-bond acceptors (Lipinski definition) is 4. The first kappa shape index (κ1) is 18.6. The number of amides is 2. The Morgan fingerprint density at radius 1 is 1.30 bits per heavy atom. The van der Waals surface area contributed by atoms with Gasteiger partial charge in [0.05, 0.1) is 5.56 Å². The van der Waals surface area contributed by atoms with E-state index in [1.165, 1.54) is 0 Å². The molecule has 1 aromatic heterocycles. The number of nitrogens with zero attached hydrogens (tertiary/aromatic N) is 2. The fourth-order valence-electron chi connectivity index (χ4n) is 3.18. The zero-order valence-corrected chi connectivity index (χ0v) is 15.2. The highest BCUT2D eigenvalue weighted by molar-refractivity contribution is 5.99. The zero-order chi connectivity index (χ0) is 19.1. The highest BCUT2D eigenvalue weighted by atomic mass is 16.2. The molecular weight excluding hydrogens is 340 g/mol. The molecule has 2 amide bonds. The summed E-state index contributed by atoms with van der Waals surface area (Å²) in [5.74, 6) is -0.0236. The van der Waals surface area contributed by atoms with Gasteiger partial charge in [-0.1, -0.05) is 18.2 Å². The van der Waals surface area contributed by atoms with Gasteiger partial charge >= 0.3 is 0 Å². The Morgan fingerprint density at radius 3 is 2.78 bits per heavy atom. The Balaban J connectivity index is 1.83. The van der Waals surface area contributed by atoms with Crippen molar-refractivity contribution in [3.8, 4) is 0 Å². The molecule has 0 unspecified atom stereocenters. The first-order valence-electron chi connectivity index (χ1n) is 9.08. The fourth-order valence-corrected chi connectivity index (χ4v) is 3.18. The minimum Gasteiger partial charge on any atom is -0.381 e. The van der Waals surface area contributed by atoms with Gasteiger partial charge in [0.15, 0.2) is 0 Å². The lowest BCUT2D eigenvalue weighted by atomic mass is 10.1. The second-order valence-corrected chi connectivity index (χ2v) is 6.56. The van der Waals surface area contributed by atoms with Crippen LogP contribution >= 0.6 is 0 Å². The Bertz CT molecular complexity index is 807. The lowest BCUT2D eigenvalue weighted by molar-refractivity contribution is -0.119. The van der Waals surface area contributed by atoms with Crippen LogP contribution in [-0.2, 0) is 11.3 Å². The molecule has 1 aromatic carbocycles. The van der Waals surface area contributed by atoms with Gasteiger partial charge in [-0.15, -0.1) is 6.58 Å². The van der Waals surface area contributed by atoms with E-state index in [1.54, 1.807) is 23.4 Å². The summed E-state index contributed by atoms with van der Waals surface area (Å²) in [5, 5.41) is 6.17. The second kappa shape index (κ2) is 8.98. The molecule has 1 aliphatic rings. The topological polar surface area (TPSA) is 74.3 Å². The van der Waals surface area contributed by atoms with Crippen LogP contribution in [0.1, 0.15) is 28.8 Å². The minimum absolute atomic E-state index is 0.0171. The van der Waals surface area contributed by atoms with Crippen molar-refractivity contribution in [3.05, 3.63) is 72.6 Å². The van der Waals surface area contributed by atoms with Crippen molar-refractivity contribution in [2.24, 2.45) is 0 Å². The Kier molecular flexibility index (Phi) is 6.20. The number of pyridine rings is 1. The first-order valence-corrected chi connectivity index (χ1v) is 9.08. The van der Waals surface area contributed by atoms with Crippen molar-refractivity contribution in [1.82, 2.24) is 15.2 Å². The molecule has 0 spiro atoms. The summed E-state index contributed by atoms with van der Waals surface area (Å²) >= 11 is 0. The van der Waals surface area contributed by atoms with Crippen molar-refractivity contribution in [2.45, 2.75) is 25.4 Å². The maximum atomic E-state index is 13.3. The number of rotatable bonds is 8. The van der Waals surface area contributed by atoms with E-state index >= 15 is 0 Å². The summed E-state index contributed by atoms with van der Waals surface area (Å²) in [6, 6.07) is 11.2. The summed E-state index contributed by atoms with van der Waals surface area (Å²) in [5.41, 5.74) is 2.38. The van der Waals surface area contributed by atoms with Crippen LogP contribution in [-0.4, -0.2) is 40.8 Å². The molecule has 2 N–H and O–H groups in total.